The molecule has 0 atom stereocenters. The Kier molecular flexibility index (Phi) is 4.02. The zero-order valence-electron chi connectivity index (χ0n) is 17.4. The topological polar surface area (TPSA) is 0 Å². The average molecular weight is 373 g/mol. The summed E-state index contributed by atoms with van der Waals surface area (Å²) in [5.74, 6) is 1.47. The lowest BCUT2D eigenvalue weighted by atomic mass is 9.83. The van der Waals surface area contributed by atoms with Crippen LogP contribution in [0.15, 0.2) is 42.0 Å². The Morgan fingerprint density at radius 2 is 1.56 bits per heavy atom. The van der Waals surface area contributed by atoms with Gasteiger partial charge in [-0.25, -0.2) is 0 Å². The van der Waals surface area contributed by atoms with E-state index in [1.165, 1.54) is 49.7 Å². The molecule has 2 aromatic rings. The van der Waals surface area contributed by atoms with Crippen molar-refractivity contribution < 1.29 is 0 Å². The van der Waals surface area contributed by atoms with Crippen LogP contribution in [0.25, 0.3) is 16.3 Å². The first kappa shape index (κ1) is 17.5. The maximum Gasteiger partial charge on any atom is 0.113 e. The van der Waals surface area contributed by atoms with Crippen LogP contribution >= 0.6 is 0 Å². The van der Waals surface area contributed by atoms with Gasteiger partial charge in [-0.1, -0.05) is 88.2 Å². The molecule has 1 aliphatic heterocycles. The largest absolute Gasteiger partial charge is 0.113 e. The molecule has 0 unspecified atom stereocenters. The number of hydrogen-bond donors (Lipinski definition) is 0. The molecule has 0 N–H and O–H groups in total. The predicted octanol–water partition coefficient (Wildman–Crippen LogP) is 6.84. The molecule has 0 amide bonds. The van der Waals surface area contributed by atoms with Crippen LogP contribution in [-0.4, -0.2) is 8.07 Å². The molecule has 2 bridgehead atoms. The zero-order valence-corrected chi connectivity index (χ0v) is 18.4. The Morgan fingerprint density at radius 3 is 2.22 bits per heavy atom. The fraction of sp³-hybridized carbons (Fsp3) is 0.462. The summed E-state index contributed by atoms with van der Waals surface area (Å²) >= 11 is 0. The van der Waals surface area contributed by atoms with Crippen LogP contribution in [0.3, 0.4) is 0 Å². The molecule has 0 saturated heterocycles. The van der Waals surface area contributed by atoms with Gasteiger partial charge >= 0.3 is 0 Å². The van der Waals surface area contributed by atoms with E-state index in [4.69, 9.17) is 0 Å². The number of rotatable bonds is 3. The van der Waals surface area contributed by atoms with E-state index < -0.39 is 8.07 Å². The summed E-state index contributed by atoms with van der Waals surface area (Å²) in [4.78, 5) is 0. The third-order valence-corrected chi connectivity index (χ3v) is 11.1. The molecular formula is C26H32Si. The van der Waals surface area contributed by atoms with E-state index in [1.54, 1.807) is 21.9 Å². The van der Waals surface area contributed by atoms with E-state index in [1.807, 2.05) is 10.8 Å². The van der Waals surface area contributed by atoms with Crippen LogP contribution < -0.4 is 5.19 Å². The van der Waals surface area contributed by atoms with Gasteiger partial charge in [0.15, 0.2) is 0 Å². The van der Waals surface area contributed by atoms with Gasteiger partial charge < -0.3 is 0 Å². The minimum Gasteiger partial charge on any atom is -0.0624 e. The highest BCUT2D eigenvalue weighted by Crippen LogP contribution is 2.52. The molecule has 1 heterocycles. The Hall–Kier alpha value is -1.60. The monoisotopic (exact) mass is 372 g/mol. The Bertz CT molecular complexity index is 921. The highest BCUT2D eigenvalue weighted by Gasteiger charge is 2.46. The first-order chi connectivity index (χ1) is 13.0. The van der Waals surface area contributed by atoms with Crippen molar-refractivity contribution in [1.29, 1.82) is 0 Å². The Morgan fingerprint density at radius 1 is 0.852 bits per heavy atom. The van der Waals surface area contributed by atoms with E-state index in [-0.39, 0.29) is 0 Å². The van der Waals surface area contributed by atoms with E-state index in [0.29, 0.717) is 5.92 Å². The second kappa shape index (κ2) is 6.20. The normalized spacial score (nSPS) is 20.8. The second-order valence-electron chi connectivity index (χ2n) is 9.84. The summed E-state index contributed by atoms with van der Waals surface area (Å²) in [5.41, 5.74) is 9.64. The maximum absolute atomic E-state index is 2.61. The lowest BCUT2D eigenvalue weighted by Crippen LogP contribution is -2.40. The van der Waals surface area contributed by atoms with Gasteiger partial charge in [-0.3, -0.25) is 0 Å². The molecule has 0 spiro atoms. The van der Waals surface area contributed by atoms with Crippen molar-refractivity contribution in [2.24, 2.45) is 5.92 Å². The van der Waals surface area contributed by atoms with Crippen molar-refractivity contribution in [2.75, 3.05) is 0 Å². The standard InChI is InChI=1S/C26H32Si/c1-17(2)18-10-12-20(13-11-18)24-23-15-14-21-16-22(19-8-6-5-7-9-19)26(25(21)24)27(23,3)4/h10-15,17,19H,5-9,16H2,1-4H3. The maximum atomic E-state index is 2.61. The van der Waals surface area contributed by atoms with Crippen LogP contribution in [0.1, 0.15) is 68.6 Å². The summed E-state index contributed by atoms with van der Waals surface area (Å²) in [6.45, 7) is 9.78. The summed E-state index contributed by atoms with van der Waals surface area (Å²) in [6, 6.07) is 14.4. The number of fused-ring (bicyclic) bond motifs is 1. The van der Waals surface area contributed by atoms with Crippen LogP contribution in [-0.2, 0) is 6.42 Å². The SMILES string of the molecule is CC(C)c1ccc(-c2c3ccc4c2C(=C(C2CCCCC2)C4)[Si]3(C)C)cc1. The molecule has 2 aliphatic carbocycles. The van der Waals surface area contributed by atoms with Crippen LogP contribution in [0.5, 0.6) is 0 Å². The Balaban J connectivity index is 1.66. The molecular weight excluding hydrogens is 340 g/mol. The van der Waals surface area contributed by atoms with Crippen LogP contribution in [0, 0.1) is 5.92 Å². The van der Waals surface area contributed by atoms with E-state index in [9.17, 15) is 0 Å². The number of allylic oxidation sites excluding steroid dienone is 1. The highest BCUT2D eigenvalue weighted by atomic mass is 28.3. The van der Waals surface area contributed by atoms with Crippen molar-refractivity contribution in [1.82, 2.24) is 0 Å². The van der Waals surface area contributed by atoms with Gasteiger partial charge in [0.2, 0.25) is 0 Å². The summed E-state index contributed by atoms with van der Waals surface area (Å²) in [7, 11) is -1.57. The summed E-state index contributed by atoms with van der Waals surface area (Å²) in [5, 5.41) is 3.52. The quantitative estimate of drug-likeness (QED) is 0.518. The molecule has 0 aromatic heterocycles. The molecule has 2 aromatic carbocycles. The first-order valence-corrected chi connectivity index (χ1v) is 14.0. The fourth-order valence-corrected chi connectivity index (χ4v) is 9.71. The lowest BCUT2D eigenvalue weighted by molar-refractivity contribution is 0.400. The van der Waals surface area contributed by atoms with Gasteiger partial charge in [-0.15, -0.1) is 0 Å². The van der Waals surface area contributed by atoms with Crippen LogP contribution in [0.2, 0.25) is 13.1 Å². The smallest absolute Gasteiger partial charge is 0.0624 e. The molecule has 1 heteroatoms. The molecule has 0 radical (unpaired) electrons. The van der Waals surface area contributed by atoms with E-state index >= 15 is 0 Å². The lowest BCUT2D eigenvalue weighted by Gasteiger charge is -2.28. The zero-order chi connectivity index (χ0) is 18.8. The van der Waals surface area contributed by atoms with Crippen molar-refractivity contribution >= 4 is 18.5 Å². The molecule has 5 rings (SSSR count). The Labute approximate surface area is 165 Å². The van der Waals surface area contributed by atoms with Crippen molar-refractivity contribution in [3.8, 4) is 11.1 Å². The fourth-order valence-electron chi connectivity index (χ4n) is 6.04. The van der Waals surface area contributed by atoms with Gasteiger partial charge in [0.1, 0.15) is 8.07 Å². The van der Waals surface area contributed by atoms with Gasteiger partial charge in [-0.05, 0) is 69.3 Å². The third-order valence-electron chi connectivity index (χ3n) is 7.51. The third kappa shape index (κ3) is 2.54. The van der Waals surface area contributed by atoms with Crippen LogP contribution in [0.4, 0.5) is 0 Å². The van der Waals surface area contributed by atoms with Gasteiger partial charge in [-0.2, -0.15) is 0 Å². The second-order valence-corrected chi connectivity index (χ2v) is 14.1. The highest BCUT2D eigenvalue weighted by molar-refractivity contribution is 7.07. The molecule has 1 saturated carbocycles. The summed E-state index contributed by atoms with van der Waals surface area (Å²) < 4.78 is 0. The van der Waals surface area contributed by atoms with E-state index in [2.05, 4.69) is 63.3 Å². The van der Waals surface area contributed by atoms with Crippen molar-refractivity contribution in [3.05, 3.63) is 58.7 Å². The van der Waals surface area contributed by atoms with Gasteiger partial charge in [0.05, 0.1) is 0 Å². The van der Waals surface area contributed by atoms with E-state index in [0.717, 1.165) is 5.92 Å². The predicted molar refractivity (Wildman–Crippen MR) is 120 cm³/mol. The van der Waals surface area contributed by atoms with Gasteiger partial charge in [0.25, 0.3) is 0 Å². The van der Waals surface area contributed by atoms with Crippen molar-refractivity contribution in [3.63, 3.8) is 0 Å². The minimum absolute atomic E-state index is 0.601. The molecule has 3 aliphatic rings. The molecule has 140 valence electrons. The average Bonchev–Trinajstić information content (AvgIpc) is 3.14. The number of hydrogen-bond acceptors (Lipinski definition) is 0. The molecule has 1 fully saturated rings. The molecule has 0 nitrogen and oxygen atoms in total. The van der Waals surface area contributed by atoms with Crippen molar-refractivity contribution in [2.45, 2.75) is 71.4 Å². The first-order valence-electron chi connectivity index (χ1n) is 11.0. The summed E-state index contributed by atoms with van der Waals surface area (Å²) in [6.07, 6.45) is 8.43. The minimum atomic E-state index is -1.57. The van der Waals surface area contributed by atoms with Gasteiger partial charge in [0, 0.05) is 0 Å². The number of benzene rings is 2. The molecule has 27 heavy (non-hydrogen) atoms.